The fourth-order valence-electron chi connectivity index (χ4n) is 2.45. The molecule has 3 atom stereocenters. The van der Waals surface area contributed by atoms with Crippen molar-refractivity contribution >= 4 is 11.9 Å². The van der Waals surface area contributed by atoms with Gasteiger partial charge in [-0.3, -0.25) is 4.79 Å². The molecule has 0 bridgehead atoms. The monoisotopic (exact) mass is 262 g/mol. The first-order valence-electron chi connectivity index (χ1n) is 6.41. The smallest absolute Gasteiger partial charge is 0.330 e. The molecule has 0 saturated heterocycles. The van der Waals surface area contributed by atoms with E-state index < -0.39 is 12.0 Å². The number of benzene rings is 1. The van der Waals surface area contributed by atoms with Crippen molar-refractivity contribution in [2.75, 3.05) is 0 Å². The lowest BCUT2D eigenvalue weighted by Gasteiger charge is -2.17. The first-order valence-corrected chi connectivity index (χ1v) is 6.41. The molecule has 0 spiro atoms. The highest BCUT2D eigenvalue weighted by molar-refractivity contribution is 5.86. The molecule has 1 aliphatic rings. The predicted octanol–water partition coefficient (Wildman–Crippen LogP) is 1.06. The van der Waals surface area contributed by atoms with E-state index >= 15 is 0 Å². The lowest BCUT2D eigenvalue weighted by atomic mass is 10.0. The van der Waals surface area contributed by atoms with Crippen LogP contribution in [-0.4, -0.2) is 23.0 Å². The molecule has 0 heterocycles. The Morgan fingerprint density at radius 3 is 2.47 bits per heavy atom. The molecule has 0 radical (unpaired) electrons. The number of hydrogen-bond donors (Lipinski definition) is 3. The topological polar surface area (TPSA) is 92.4 Å². The molecule has 0 aromatic heterocycles. The zero-order valence-electron chi connectivity index (χ0n) is 10.6. The number of aliphatic carboxylic acids is 1. The van der Waals surface area contributed by atoms with E-state index in [1.165, 1.54) is 0 Å². The molecule has 4 N–H and O–H groups in total. The Morgan fingerprint density at radius 2 is 1.95 bits per heavy atom. The van der Waals surface area contributed by atoms with Crippen LogP contribution in [-0.2, 0) is 9.59 Å². The molecule has 2 rings (SSSR count). The second-order valence-corrected chi connectivity index (χ2v) is 4.96. The summed E-state index contributed by atoms with van der Waals surface area (Å²) >= 11 is 0. The number of hydrogen-bond acceptors (Lipinski definition) is 3. The minimum absolute atomic E-state index is 0.0516. The zero-order chi connectivity index (χ0) is 13.8. The van der Waals surface area contributed by atoms with Crippen molar-refractivity contribution in [2.45, 2.75) is 31.3 Å². The summed E-state index contributed by atoms with van der Waals surface area (Å²) in [5, 5.41) is 11.8. The molecule has 5 heteroatoms. The lowest BCUT2D eigenvalue weighted by molar-refractivity contribution is -0.142. The number of nitrogens with two attached hydrogens (primary N) is 1. The van der Waals surface area contributed by atoms with Crippen molar-refractivity contribution in [1.29, 1.82) is 0 Å². The van der Waals surface area contributed by atoms with E-state index in [2.05, 4.69) is 5.32 Å². The van der Waals surface area contributed by atoms with E-state index in [1.807, 2.05) is 0 Å². The van der Waals surface area contributed by atoms with Crippen LogP contribution in [0.1, 0.15) is 30.9 Å². The molecular formula is C14H18N2O3. The first kappa shape index (κ1) is 13.5. The molecule has 1 saturated carbocycles. The summed E-state index contributed by atoms with van der Waals surface area (Å²) in [7, 11) is 0. The Balaban J connectivity index is 2.05. The van der Waals surface area contributed by atoms with Gasteiger partial charge in [-0.05, 0) is 24.8 Å². The van der Waals surface area contributed by atoms with Crippen LogP contribution < -0.4 is 11.1 Å². The summed E-state index contributed by atoms with van der Waals surface area (Å²) in [6, 6.07) is 7.76. The highest BCUT2D eigenvalue weighted by Gasteiger charge is 2.31. The third-order valence-corrected chi connectivity index (χ3v) is 3.51. The minimum atomic E-state index is -1.05. The quantitative estimate of drug-likeness (QED) is 0.756. The van der Waals surface area contributed by atoms with Crippen LogP contribution in [0.4, 0.5) is 0 Å². The average molecular weight is 262 g/mol. The summed E-state index contributed by atoms with van der Waals surface area (Å²) in [6.45, 7) is 0. The van der Waals surface area contributed by atoms with Gasteiger partial charge in [0.2, 0.25) is 5.91 Å². The first-order chi connectivity index (χ1) is 9.08. The fraction of sp³-hybridized carbons (Fsp3) is 0.429. The van der Waals surface area contributed by atoms with Crippen LogP contribution in [0.3, 0.4) is 0 Å². The van der Waals surface area contributed by atoms with E-state index in [1.54, 1.807) is 30.3 Å². The van der Waals surface area contributed by atoms with E-state index in [4.69, 9.17) is 5.73 Å². The van der Waals surface area contributed by atoms with Crippen LogP contribution in [0.5, 0.6) is 0 Å². The van der Waals surface area contributed by atoms with Gasteiger partial charge in [-0.2, -0.15) is 0 Å². The van der Waals surface area contributed by atoms with Crippen molar-refractivity contribution in [3.63, 3.8) is 0 Å². The van der Waals surface area contributed by atoms with Gasteiger partial charge >= 0.3 is 5.97 Å². The van der Waals surface area contributed by atoms with Gasteiger partial charge in [0.05, 0.1) is 0 Å². The normalized spacial score (nSPS) is 23.8. The summed E-state index contributed by atoms with van der Waals surface area (Å²) in [4.78, 5) is 23.3. The number of carboxylic acid groups (broad SMARTS) is 1. The number of carbonyl (C=O) groups excluding carboxylic acids is 1. The van der Waals surface area contributed by atoms with Gasteiger partial charge in [0.1, 0.15) is 0 Å². The summed E-state index contributed by atoms with van der Waals surface area (Å²) in [6.07, 6.45) is 2.18. The zero-order valence-corrected chi connectivity index (χ0v) is 10.6. The molecule has 1 aliphatic carbocycles. The fourth-order valence-corrected chi connectivity index (χ4v) is 2.45. The summed E-state index contributed by atoms with van der Waals surface area (Å²) in [5.41, 5.74) is 6.34. The Bertz CT molecular complexity index is 461. The number of amides is 1. The summed E-state index contributed by atoms with van der Waals surface area (Å²) in [5.74, 6) is -1.44. The van der Waals surface area contributed by atoms with Crippen molar-refractivity contribution in [2.24, 2.45) is 11.7 Å². The minimum Gasteiger partial charge on any atom is -0.479 e. The molecular weight excluding hydrogens is 244 g/mol. The third-order valence-electron chi connectivity index (χ3n) is 3.51. The number of carboxylic acids is 1. The van der Waals surface area contributed by atoms with Gasteiger partial charge in [-0.1, -0.05) is 30.3 Å². The lowest BCUT2D eigenvalue weighted by Crippen LogP contribution is -2.37. The van der Waals surface area contributed by atoms with Gasteiger partial charge in [-0.25, -0.2) is 4.79 Å². The maximum atomic E-state index is 12.0. The third kappa shape index (κ3) is 3.32. The van der Waals surface area contributed by atoms with Gasteiger partial charge in [-0.15, -0.1) is 0 Å². The van der Waals surface area contributed by atoms with Crippen LogP contribution >= 0.6 is 0 Å². The Hall–Kier alpha value is -1.88. The number of carbonyl (C=O) groups is 2. The van der Waals surface area contributed by atoms with Gasteiger partial charge in [0.15, 0.2) is 6.04 Å². The Labute approximate surface area is 111 Å². The number of rotatable bonds is 4. The van der Waals surface area contributed by atoms with Crippen LogP contribution in [0.15, 0.2) is 30.3 Å². The molecule has 102 valence electrons. The Kier molecular flexibility index (Phi) is 4.16. The van der Waals surface area contributed by atoms with Gasteiger partial charge in [0, 0.05) is 12.0 Å². The van der Waals surface area contributed by atoms with Crippen molar-refractivity contribution in [3.05, 3.63) is 35.9 Å². The maximum Gasteiger partial charge on any atom is 0.330 e. The molecule has 0 aliphatic heterocycles. The molecule has 19 heavy (non-hydrogen) atoms. The molecule has 5 nitrogen and oxygen atoms in total. The second kappa shape index (κ2) is 5.84. The number of nitrogens with one attached hydrogen (secondary N) is 1. The standard InChI is InChI=1S/C14H18N2O3/c15-11-7-6-10(8-11)13(17)16-12(14(18)19)9-4-2-1-3-5-9/h1-5,10-12H,6-8,15H2,(H,16,17)(H,18,19). The van der Waals surface area contributed by atoms with Gasteiger partial charge < -0.3 is 16.2 Å². The summed E-state index contributed by atoms with van der Waals surface area (Å²) < 4.78 is 0. The van der Waals surface area contributed by atoms with E-state index in [0.29, 0.717) is 12.0 Å². The maximum absolute atomic E-state index is 12.0. The Morgan fingerprint density at radius 1 is 1.26 bits per heavy atom. The largest absolute Gasteiger partial charge is 0.479 e. The van der Waals surface area contributed by atoms with Gasteiger partial charge in [0.25, 0.3) is 0 Å². The van der Waals surface area contributed by atoms with Crippen molar-refractivity contribution in [3.8, 4) is 0 Å². The van der Waals surface area contributed by atoms with Crippen LogP contribution in [0.2, 0.25) is 0 Å². The van der Waals surface area contributed by atoms with E-state index in [-0.39, 0.29) is 17.9 Å². The second-order valence-electron chi connectivity index (χ2n) is 4.96. The molecule has 1 fully saturated rings. The molecule has 1 amide bonds. The molecule has 3 unspecified atom stereocenters. The van der Waals surface area contributed by atoms with Crippen molar-refractivity contribution < 1.29 is 14.7 Å². The molecule has 1 aromatic carbocycles. The highest BCUT2D eigenvalue weighted by Crippen LogP contribution is 2.25. The molecule has 1 aromatic rings. The average Bonchev–Trinajstić information content (AvgIpc) is 2.83. The van der Waals surface area contributed by atoms with Crippen molar-refractivity contribution in [1.82, 2.24) is 5.32 Å². The predicted molar refractivity (Wildman–Crippen MR) is 70.3 cm³/mol. The highest BCUT2D eigenvalue weighted by atomic mass is 16.4. The SMILES string of the molecule is NC1CCC(C(=O)NC(C(=O)O)c2ccccc2)C1. The van der Waals surface area contributed by atoms with E-state index in [0.717, 1.165) is 12.8 Å². The van der Waals surface area contributed by atoms with E-state index in [9.17, 15) is 14.7 Å². The van der Waals surface area contributed by atoms with Crippen LogP contribution in [0.25, 0.3) is 0 Å². The van der Waals surface area contributed by atoms with Crippen LogP contribution in [0, 0.1) is 5.92 Å².